The molecule has 9 heteroatoms. The van der Waals surface area contributed by atoms with E-state index in [9.17, 15) is 9.59 Å². The summed E-state index contributed by atoms with van der Waals surface area (Å²) in [5, 5.41) is 0.959. The predicted octanol–water partition coefficient (Wildman–Crippen LogP) is 3.78. The van der Waals surface area contributed by atoms with Gasteiger partial charge in [-0.15, -0.1) is 0 Å². The summed E-state index contributed by atoms with van der Waals surface area (Å²) in [6, 6.07) is 11.0. The van der Waals surface area contributed by atoms with Crippen molar-refractivity contribution in [2.24, 2.45) is 11.8 Å². The summed E-state index contributed by atoms with van der Waals surface area (Å²) in [5.74, 6) is 3.13. The predicted molar refractivity (Wildman–Crippen MR) is 134 cm³/mol. The maximum Gasteiger partial charge on any atom is 0.262 e. The van der Waals surface area contributed by atoms with E-state index < -0.39 is 0 Å². The molecule has 0 spiro atoms. The van der Waals surface area contributed by atoms with Crippen molar-refractivity contribution in [3.63, 3.8) is 0 Å². The fraction of sp³-hybridized carbons (Fsp3) is 0.423. The highest BCUT2D eigenvalue weighted by Crippen LogP contribution is 2.35. The van der Waals surface area contributed by atoms with Crippen molar-refractivity contribution in [1.82, 2.24) is 14.5 Å². The van der Waals surface area contributed by atoms with Crippen LogP contribution in [0.3, 0.4) is 0 Å². The Hall–Kier alpha value is -3.20. The average molecular weight is 496 g/mol. The van der Waals surface area contributed by atoms with Crippen LogP contribution in [-0.4, -0.2) is 53.1 Å². The Balaban J connectivity index is 1.47. The fourth-order valence-corrected chi connectivity index (χ4v) is 5.74. The summed E-state index contributed by atoms with van der Waals surface area (Å²) in [6.45, 7) is 6.37. The molecule has 35 heavy (non-hydrogen) atoms. The molecule has 184 valence electrons. The van der Waals surface area contributed by atoms with Crippen LogP contribution in [-0.2, 0) is 11.3 Å². The third-order valence-electron chi connectivity index (χ3n) is 6.46. The van der Waals surface area contributed by atoms with Gasteiger partial charge in [-0.1, -0.05) is 37.7 Å². The van der Waals surface area contributed by atoms with Crippen LogP contribution in [0.25, 0.3) is 10.9 Å². The molecule has 3 heterocycles. The number of fused-ring (bicyclic) bond motifs is 2. The molecule has 0 N–H and O–H groups in total. The minimum absolute atomic E-state index is 0.0735. The lowest BCUT2D eigenvalue weighted by Crippen LogP contribution is -2.43. The van der Waals surface area contributed by atoms with E-state index in [4.69, 9.17) is 19.2 Å². The van der Waals surface area contributed by atoms with Gasteiger partial charge in [0.15, 0.2) is 16.7 Å². The summed E-state index contributed by atoms with van der Waals surface area (Å²) in [6.07, 6.45) is 1.14. The van der Waals surface area contributed by atoms with Gasteiger partial charge < -0.3 is 19.1 Å². The molecule has 1 fully saturated rings. The van der Waals surface area contributed by atoms with Gasteiger partial charge in [-0.2, -0.15) is 0 Å². The highest BCUT2D eigenvalue weighted by atomic mass is 32.2. The number of benzene rings is 2. The van der Waals surface area contributed by atoms with Crippen molar-refractivity contribution < 1.29 is 19.0 Å². The Kier molecular flexibility index (Phi) is 6.60. The molecule has 1 saturated heterocycles. The van der Waals surface area contributed by atoms with Crippen molar-refractivity contribution >= 4 is 28.6 Å². The van der Waals surface area contributed by atoms with Crippen molar-refractivity contribution in [1.29, 1.82) is 0 Å². The van der Waals surface area contributed by atoms with Gasteiger partial charge in [-0.3, -0.25) is 14.2 Å². The molecule has 0 saturated carbocycles. The number of nitrogens with zero attached hydrogens (tertiary/aromatic N) is 3. The molecule has 2 atom stereocenters. The van der Waals surface area contributed by atoms with E-state index in [0.29, 0.717) is 45.9 Å². The standard InChI is InChI=1S/C26H29N3O5S/c1-16-8-17(2)12-28(11-16)24(30)14-35-26-27-21-10-23-22(33-15-34-23)9-20(21)25(31)29(26)13-18-4-6-19(32-3)7-5-18/h4-7,9-10,16-17H,8,11-15H2,1-3H3/t16-,17-/m0/s1. The molecule has 3 aromatic rings. The van der Waals surface area contributed by atoms with Crippen molar-refractivity contribution in [2.75, 3.05) is 32.7 Å². The van der Waals surface area contributed by atoms with Gasteiger partial charge >= 0.3 is 0 Å². The second kappa shape index (κ2) is 9.81. The van der Waals surface area contributed by atoms with Gasteiger partial charge in [-0.05, 0) is 42.0 Å². The number of hydrogen-bond donors (Lipinski definition) is 0. The second-order valence-corrected chi connectivity index (χ2v) is 10.3. The molecular weight excluding hydrogens is 466 g/mol. The number of likely N-dealkylation sites (tertiary alicyclic amines) is 1. The molecule has 2 aromatic carbocycles. The van der Waals surface area contributed by atoms with E-state index in [1.807, 2.05) is 29.2 Å². The van der Waals surface area contributed by atoms with Gasteiger partial charge in [0.25, 0.3) is 5.56 Å². The molecule has 0 bridgehead atoms. The zero-order chi connectivity index (χ0) is 24.5. The lowest BCUT2D eigenvalue weighted by molar-refractivity contribution is -0.130. The van der Waals surface area contributed by atoms with Gasteiger partial charge in [0, 0.05) is 19.2 Å². The number of rotatable bonds is 6. The highest BCUT2D eigenvalue weighted by molar-refractivity contribution is 7.99. The topological polar surface area (TPSA) is 82.9 Å². The number of carbonyl (C=O) groups is 1. The lowest BCUT2D eigenvalue weighted by atomic mass is 9.92. The van der Waals surface area contributed by atoms with Crippen LogP contribution < -0.4 is 19.8 Å². The van der Waals surface area contributed by atoms with Crippen molar-refractivity contribution in [3.05, 3.63) is 52.3 Å². The quantitative estimate of drug-likeness (QED) is 0.380. The minimum atomic E-state index is -0.181. The first-order chi connectivity index (χ1) is 16.9. The number of aromatic nitrogens is 2. The van der Waals surface area contributed by atoms with Crippen LogP contribution >= 0.6 is 11.8 Å². The van der Waals surface area contributed by atoms with Crippen LogP contribution in [0.15, 0.2) is 46.3 Å². The maximum atomic E-state index is 13.6. The number of carbonyl (C=O) groups excluding carboxylic acids is 1. The summed E-state index contributed by atoms with van der Waals surface area (Å²) in [4.78, 5) is 33.4. The number of hydrogen-bond acceptors (Lipinski definition) is 7. The molecule has 0 unspecified atom stereocenters. The van der Waals surface area contributed by atoms with E-state index in [1.165, 1.54) is 11.8 Å². The SMILES string of the molecule is COc1ccc(Cn2c(SCC(=O)N3C[C@@H](C)C[C@H](C)C3)nc3cc4c(cc3c2=O)OCO4)cc1. The number of amides is 1. The number of ether oxygens (including phenoxy) is 3. The first kappa shape index (κ1) is 23.5. The monoisotopic (exact) mass is 495 g/mol. The summed E-state index contributed by atoms with van der Waals surface area (Å²) in [7, 11) is 1.62. The average Bonchev–Trinajstić information content (AvgIpc) is 3.31. The van der Waals surface area contributed by atoms with Crippen molar-refractivity contribution in [2.45, 2.75) is 32.0 Å². The van der Waals surface area contributed by atoms with Crippen LogP contribution in [0.2, 0.25) is 0 Å². The second-order valence-electron chi connectivity index (χ2n) is 9.39. The van der Waals surface area contributed by atoms with Gasteiger partial charge in [-0.25, -0.2) is 4.98 Å². The summed E-state index contributed by atoms with van der Waals surface area (Å²) in [5.41, 5.74) is 1.28. The van der Waals surface area contributed by atoms with E-state index >= 15 is 0 Å². The third-order valence-corrected chi connectivity index (χ3v) is 7.42. The third kappa shape index (κ3) is 4.96. The van der Waals surface area contributed by atoms with Crippen molar-refractivity contribution in [3.8, 4) is 17.2 Å². The van der Waals surface area contributed by atoms with E-state index in [-0.39, 0.29) is 24.0 Å². The van der Waals surface area contributed by atoms with Gasteiger partial charge in [0.2, 0.25) is 12.7 Å². The molecule has 2 aliphatic rings. The molecule has 2 aliphatic heterocycles. The molecule has 0 radical (unpaired) electrons. The minimum Gasteiger partial charge on any atom is -0.497 e. The largest absolute Gasteiger partial charge is 0.497 e. The zero-order valence-electron chi connectivity index (χ0n) is 20.2. The first-order valence-electron chi connectivity index (χ1n) is 11.8. The molecule has 5 rings (SSSR count). The Labute approximate surface area is 208 Å². The molecular formula is C26H29N3O5S. The lowest BCUT2D eigenvalue weighted by Gasteiger charge is -2.35. The van der Waals surface area contributed by atoms with Crippen LogP contribution in [0.1, 0.15) is 25.8 Å². The Bertz CT molecular complexity index is 1300. The maximum absolute atomic E-state index is 13.6. The van der Waals surface area contributed by atoms with Gasteiger partial charge in [0.05, 0.1) is 30.3 Å². The Morgan fingerprint density at radius 2 is 1.80 bits per heavy atom. The zero-order valence-corrected chi connectivity index (χ0v) is 21.0. The molecule has 8 nitrogen and oxygen atoms in total. The smallest absolute Gasteiger partial charge is 0.262 e. The summed E-state index contributed by atoms with van der Waals surface area (Å²) >= 11 is 1.30. The Morgan fingerprint density at radius 1 is 1.11 bits per heavy atom. The van der Waals surface area contributed by atoms with Gasteiger partial charge in [0.1, 0.15) is 5.75 Å². The number of piperidine rings is 1. The van der Waals surface area contributed by atoms with Crippen LogP contribution in [0.4, 0.5) is 0 Å². The van der Waals surface area contributed by atoms with E-state index in [1.54, 1.807) is 23.8 Å². The number of thioether (sulfide) groups is 1. The molecule has 0 aliphatic carbocycles. The van der Waals surface area contributed by atoms with E-state index in [2.05, 4.69) is 13.8 Å². The Morgan fingerprint density at radius 3 is 2.49 bits per heavy atom. The normalized spacial score (nSPS) is 19.2. The molecule has 1 aromatic heterocycles. The molecule has 1 amide bonds. The van der Waals surface area contributed by atoms with Crippen LogP contribution in [0.5, 0.6) is 17.2 Å². The van der Waals surface area contributed by atoms with Crippen LogP contribution in [0, 0.1) is 11.8 Å². The van der Waals surface area contributed by atoms with E-state index in [0.717, 1.165) is 30.8 Å². The number of methoxy groups -OCH3 is 1. The first-order valence-corrected chi connectivity index (χ1v) is 12.8. The highest BCUT2D eigenvalue weighted by Gasteiger charge is 2.26. The fourth-order valence-electron chi connectivity index (χ4n) is 4.84. The summed E-state index contributed by atoms with van der Waals surface area (Å²) < 4.78 is 17.8.